The highest BCUT2D eigenvalue weighted by molar-refractivity contribution is 7.92. The highest BCUT2D eigenvalue weighted by atomic mass is 32.2. The Kier molecular flexibility index (Phi) is 6.14. The molecular weight excluding hydrogens is 386 g/mol. The van der Waals surface area contributed by atoms with Crippen LogP contribution in [0.15, 0.2) is 48.5 Å². The number of carbonyl (C=O) groups is 2. The smallest absolute Gasteiger partial charge is 0.271 e. The van der Waals surface area contributed by atoms with Crippen LogP contribution in [-0.2, 0) is 14.8 Å². The van der Waals surface area contributed by atoms with Crippen LogP contribution in [0.25, 0.3) is 0 Å². The molecule has 2 rings (SSSR count). The molecule has 0 aliphatic heterocycles. The quantitative estimate of drug-likeness (QED) is 0.428. The van der Waals surface area contributed by atoms with Gasteiger partial charge in [-0.3, -0.25) is 24.0 Å². The number of hydrogen-bond acceptors (Lipinski definition) is 6. The standard InChI is InChI=1S/C18H19N3O6S/c1-12(18(23)19-15-7-4-6-14(10-15)13(2)22)20(28(3,26)27)16-8-5-9-17(11-16)21(24)25/h4-12H,1-3H3,(H,19,23)/t12-/m0/s1. The second-order valence-corrected chi connectivity index (χ2v) is 8.00. The molecule has 0 saturated carbocycles. The lowest BCUT2D eigenvalue weighted by Crippen LogP contribution is -2.45. The number of nitrogens with one attached hydrogen (secondary N) is 1. The van der Waals surface area contributed by atoms with Gasteiger partial charge in [-0.25, -0.2) is 8.42 Å². The lowest BCUT2D eigenvalue weighted by atomic mass is 10.1. The summed E-state index contributed by atoms with van der Waals surface area (Å²) in [5.41, 5.74) is 0.422. The number of nitro benzene ring substituents is 1. The average molecular weight is 405 g/mol. The van der Waals surface area contributed by atoms with Gasteiger partial charge in [-0.15, -0.1) is 0 Å². The molecule has 2 aromatic carbocycles. The van der Waals surface area contributed by atoms with E-state index in [9.17, 15) is 28.1 Å². The number of carbonyl (C=O) groups excluding carboxylic acids is 2. The van der Waals surface area contributed by atoms with Crippen LogP contribution < -0.4 is 9.62 Å². The van der Waals surface area contributed by atoms with E-state index in [1.807, 2.05) is 0 Å². The van der Waals surface area contributed by atoms with E-state index in [2.05, 4.69) is 5.32 Å². The van der Waals surface area contributed by atoms with Gasteiger partial charge in [0.05, 0.1) is 16.9 Å². The zero-order valence-electron chi connectivity index (χ0n) is 15.4. The molecule has 0 spiro atoms. The molecule has 0 unspecified atom stereocenters. The number of non-ortho nitro benzene ring substituents is 1. The Balaban J connectivity index is 2.36. The second-order valence-electron chi connectivity index (χ2n) is 6.14. The number of nitro groups is 1. The first-order chi connectivity index (χ1) is 13.0. The third-order valence-corrected chi connectivity index (χ3v) is 5.16. The second kappa shape index (κ2) is 8.17. The SMILES string of the molecule is CC(=O)c1cccc(NC(=O)[C@H](C)N(c2cccc([N+](=O)[O-])c2)S(C)(=O)=O)c1. The van der Waals surface area contributed by atoms with Crippen molar-refractivity contribution in [1.29, 1.82) is 0 Å². The summed E-state index contributed by atoms with van der Waals surface area (Å²) in [5.74, 6) is -0.837. The van der Waals surface area contributed by atoms with Crippen molar-refractivity contribution in [2.75, 3.05) is 15.9 Å². The van der Waals surface area contributed by atoms with E-state index in [1.165, 1.54) is 38.1 Å². The van der Waals surface area contributed by atoms with Crippen molar-refractivity contribution in [3.05, 3.63) is 64.2 Å². The predicted octanol–water partition coefficient (Wildman–Crippen LogP) is 2.59. The van der Waals surface area contributed by atoms with E-state index in [-0.39, 0.29) is 17.2 Å². The lowest BCUT2D eigenvalue weighted by Gasteiger charge is -2.28. The van der Waals surface area contributed by atoms with Gasteiger partial charge in [0.1, 0.15) is 6.04 Å². The summed E-state index contributed by atoms with van der Waals surface area (Å²) in [6.45, 7) is 2.75. The number of hydrogen-bond donors (Lipinski definition) is 1. The fourth-order valence-corrected chi connectivity index (χ4v) is 3.78. The lowest BCUT2D eigenvalue weighted by molar-refractivity contribution is -0.384. The van der Waals surface area contributed by atoms with Crippen molar-refractivity contribution < 1.29 is 22.9 Å². The largest absolute Gasteiger partial charge is 0.324 e. The van der Waals surface area contributed by atoms with Crippen molar-refractivity contribution in [2.24, 2.45) is 0 Å². The van der Waals surface area contributed by atoms with E-state index < -0.39 is 26.9 Å². The third kappa shape index (κ3) is 4.92. The van der Waals surface area contributed by atoms with Crippen molar-refractivity contribution in [3.8, 4) is 0 Å². The van der Waals surface area contributed by atoms with Gasteiger partial charge in [-0.2, -0.15) is 0 Å². The number of benzene rings is 2. The van der Waals surface area contributed by atoms with Crippen LogP contribution in [0.4, 0.5) is 17.1 Å². The zero-order chi connectivity index (χ0) is 21.1. The molecule has 28 heavy (non-hydrogen) atoms. The van der Waals surface area contributed by atoms with Crippen LogP contribution in [0.5, 0.6) is 0 Å². The van der Waals surface area contributed by atoms with Gasteiger partial charge in [0.25, 0.3) is 5.69 Å². The molecule has 0 bridgehead atoms. The summed E-state index contributed by atoms with van der Waals surface area (Å²) in [4.78, 5) is 34.4. The van der Waals surface area contributed by atoms with Crippen molar-refractivity contribution in [3.63, 3.8) is 0 Å². The number of Topliss-reactive ketones (excluding diaryl/α,β-unsaturated/α-hetero) is 1. The zero-order valence-corrected chi connectivity index (χ0v) is 16.3. The fourth-order valence-electron chi connectivity index (χ4n) is 2.62. The minimum Gasteiger partial charge on any atom is -0.324 e. The molecule has 10 heteroatoms. The van der Waals surface area contributed by atoms with Crippen LogP contribution in [0, 0.1) is 10.1 Å². The Morgan fingerprint density at radius 2 is 1.79 bits per heavy atom. The van der Waals surface area contributed by atoms with Crippen molar-refractivity contribution in [2.45, 2.75) is 19.9 Å². The molecule has 1 amide bonds. The highest BCUT2D eigenvalue weighted by Gasteiger charge is 2.30. The summed E-state index contributed by atoms with van der Waals surface area (Å²) in [6.07, 6.45) is 0.909. The Morgan fingerprint density at radius 1 is 1.14 bits per heavy atom. The summed E-state index contributed by atoms with van der Waals surface area (Å²) in [5, 5.41) is 13.6. The first-order valence-electron chi connectivity index (χ1n) is 8.16. The number of rotatable bonds is 7. The van der Waals surface area contributed by atoms with E-state index >= 15 is 0 Å². The van der Waals surface area contributed by atoms with E-state index in [4.69, 9.17) is 0 Å². The Hall–Kier alpha value is -3.27. The van der Waals surface area contributed by atoms with E-state index in [0.29, 0.717) is 11.3 Å². The Labute approximate surface area is 162 Å². The molecule has 1 N–H and O–H groups in total. The van der Waals surface area contributed by atoms with Crippen LogP contribution >= 0.6 is 0 Å². The van der Waals surface area contributed by atoms with Gasteiger partial charge in [-0.05, 0) is 32.0 Å². The highest BCUT2D eigenvalue weighted by Crippen LogP contribution is 2.26. The molecule has 0 saturated heterocycles. The Bertz CT molecular complexity index is 1040. The Morgan fingerprint density at radius 3 is 2.36 bits per heavy atom. The average Bonchev–Trinajstić information content (AvgIpc) is 2.61. The van der Waals surface area contributed by atoms with Crippen LogP contribution in [0.1, 0.15) is 24.2 Å². The van der Waals surface area contributed by atoms with Crippen molar-refractivity contribution in [1.82, 2.24) is 0 Å². The third-order valence-electron chi connectivity index (χ3n) is 3.92. The molecule has 0 radical (unpaired) electrons. The molecule has 1 atom stereocenters. The van der Waals surface area contributed by atoms with Gasteiger partial charge in [-0.1, -0.05) is 18.2 Å². The summed E-state index contributed by atoms with van der Waals surface area (Å²) in [6, 6.07) is 10.0. The van der Waals surface area contributed by atoms with Crippen LogP contribution in [-0.4, -0.2) is 37.3 Å². The molecule has 0 fully saturated rings. The molecule has 148 valence electrons. The van der Waals surface area contributed by atoms with E-state index in [1.54, 1.807) is 18.2 Å². The number of sulfonamides is 1. The summed E-state index contributed by atoms with van der Waals surface area (Å²) in [7, 11) is -3.92. The monoisotopic (exact) mass is 405 g/mol. The first kappa shape index (κ1) is 21.0. The van der Waals surface area contributed by atoms with Gasteiger partial charge < -0.3 is 5.32 Å². The van der Waals surface area contributed by atoms with Gasteiger partial charge in [0.2, 0.25) is 15.9 Å². The molecule has 0 heterocycles. The van der Waals surface area contributed by atoms with Crippen LogP contribution in [0.2, 0.25) is 0 Å². The molecular formula is C18H19N3O6S. The predicted molar refractivity (Wildman–Crippen MR) is 105 cm³/mol. The van der Waals surface area contributed by atoms with Gasteiger partial charge in [0.15, 0.2) is 5.78 Å². The maximum Gasteiger partial charge on any atom is 0.271 e. The van der Waals surface area contributed by atoms with E-state index in [0.717, 1.165) is 16.6 Å². The minimum absolute atomic E-state index is 0.00293. The molecule has 0 aromatic heterocycles. The van der Waals surface area contributed by atoms with Crippen LogP contribution in [0.3, 0.4) is 0 Å². The fraction of sp³-hybridized carbons (Fsp3) is 0.222. The molecule has 2 aromatic rings. The number of amides is 1. The maximum atomic E-state index is 12.6. The number of ketones is 1. The molecule has 0 aliphatic carbocycles. The topological polar surface area (TPSA) is 127 Å². The van der Waals surface area contributed by atoms with Crippen molar-refractivity contribution >= 4 is 38.8 Å². The van der Waals surface area contributed by atoms with Gasteiger partial charge >= 0.3 is 0 Å². The summed E-state index contributed by atoms with van der Waals surface area (Å²) >= 11 is 0. The number of anilines is 2. The molecule has 0 aliphatic rings. The maximum absolute atomic E-state index is 12.6. The summed E-state index contributed by atoms with van der Waals surface area (Å²) < 4.78 is 25.4. The number of nitrogens with zero attached hydrogens (tertiary/aromatic N) is 2. The molecule has 9 nitrogen and oxygen atoms in total. The van der Waals surface area contributed by atoms with Gasteiger partial charge in [0, 0.05) is 23.4 Å². The normalized spacial score (nSPS) is 12.1. The minimum atomic E-state index is -3.92. The first-order valence-corrected chi connectivity index (χ1v) is 10.0.